The quantitative estimate of drug-likeness (QED) is 0.738. The van der Waals surface area contributed by atoms with Crippen LogP contribution in [0.15, 0.2) is 34.9 Å². The summed E-state index contributed by atoms with van der Waals surface area (Å²) in [6, 6.07) is 6.73. The number of rotatable bonds is 5. The molecule has 4 saturated carbocycles. The van der Waals surface area contributed by atoms with Crippen LogP contribution >= 0.6 is 0 Å². The van der Waals surface area contributed by atoms with Crippen molar-refractivity contribution in [2.75, 3.05) is 0 Å². The van der Waals surface area contributed by atoms with Crippen LogP contribution in [0.5, 0.6) is 5.75 Å². The molecule has 4 aliphatic carbocycles. The molecule has 1 unspecified atom stereocenters. The van der Waals surface area contributed by atoms with Crippen molar-refractivity contribution in [3.05, 3.63) is 47.7 Å². The molecule has 6 nitrogen and oxygen atoms in total. The van der Waals surface area contributed by atoms with Crippen molar-refractivity contribution in [1.29, 1.82) is 0 Å². The van der Waals surface area contributed by atoms with Crippen LogP contribution in [0, 0.1) is 23.7 Å². The highest BCUT2D eigenvalue weighted by atomic mass is 16.3. The van der Waals surface area contributed by atoms with Crippen molar-refractivity contribution in [2.45, 2.75) is 50.6 Å². The minimum absolute atomic E-state index is 0.149. The van der Waals surface area contributed by atoms with Gasteiger partial charge in [-0.15, -0.1) is 0 Å². The van der Waals surface area contributed by atoms with Crippen molar-refractivity contribution in [1.82, 2.24) is 10.3 Å². The van der Waals surface area contributed by atoms with Crippen LogP contribution in [0.4, 0.5) is 0 Å². The molecule has 6 rings (SSSR count). The first-order valence-corrected chi connectivity index (χ1v) is 10.3. The number of nitrogens with zero attached hydrogens (tertiary/aromatic N) is 1. The number of hydrogen-bond donors (Lipinski definition) is 3. The Morgan fingerprint density at radius 3 is 2.43 bits per heavy atom. The van der Waals surface area contributed by atoms with E-state index in [1.54, 1.807) is 12.1 Å². The van der Waals surface area contributed by atoms with Crippen LogP contribution in [-0.2, 0) is 6.42 Å². The third-order valence-electron chi connectivity index (χ3n) is 6.99. The first-order chi connectivity index (χ1) is 13.5. The summed E-state index contributed by atoms with van der Waals surface area (Å²) in [5.41, 5.74) is 7.49. The molecule has 0 spiro atoms. The molecular formula is C22H27N3O3. The molecule has 0 aliphatic heterocycles. The van der Waals surface area contributed by atoms with E-state index < -0.39 is 6.04 Å². The Labute approximate surface area is 164 Å². The monoisotopic (exact) mass is 381 g/mol. The lowest BCUT2D eigenvalue weighted by molar-refractivity contribution is -0.0120. The number of nitrogens with one attached hydrogen (secondary N) is 1. The molecule has 0 radical (unpaired) electrons. The number of oxazole rings is 1. The van der Waals surface area contributed by atoms with Gasteiger partial charge < -0.3 is 20.6 Å². The van der Waals surface area contributed by atoms with E-state index in [9.17, 15) is 9.90 Å². The number of amides is 1. The molecule has 4 fully saturated rings. The summed E-state index contributed by atoms with van der Waals surface area (Å²) in [6.07, 6.45) is 8.39. The molecule has 4 aliphatic rings. The lowest BCUT2D eigenvalue weighted by Crippen LogP contribution is -2.55. The standard InChI is InChI=1S/C22H27N3O3/c23-18(10-12-1-3-17(26)4-2-12)22-24-19(11-28-22)21(27)25-20-15-6-13-5-14(8-15)9-16(20)7-13/h1-4,11,13-16,18,20,26H,5-10,23H2,(H,25,27). The van der Waals surface area contributed by atoms with Crippen LogP contribution in [0.1, 0.15) is 60.1 Å². The van der Waals surface area contributed by atoms with E-state index in [2.05, 4.69) is 10.3 Å². The lowest BCUT2D eigenvalue weighted by atomic mass is 9.54. The molecule has 2 aromatic rings. The summed E-state index contributed by atoms with van der Waals surface area (Å²) in [7, 11) is 0. The van der Waals surface area contributed by atoms with Crippen molar-refractivity contribution in [3.63, 3.8) is 0 Å². The van der Waals surface area contributed by atoms with E-state index in [1.165, 1.54) is 38.4 Å². The Morgan fingerprint density at radius 1 is 1.14 bits per heavy atom. The molecule has 4 bridgehead atoms. The largest absolute Gasteiger partial charge is 0.508 e. The van der Waals surface area contributed by atoms with Crippen molar-refractivity contribution >= 4 is 5.91 Å². The number of phenolic OH excluding ortho intramolecular Hbond substituents is 1. The number of benzene rings is 1. The van der Waals surface area contributed by atoms with E-state index in [0.29, 0.717) is 29.8 Å². The zero-order valence-electron chi connectivity index (χ0n) is 15.9. The molecule has 1 aromatic heterocycles. The maximum atomic E-state index is 12.8. The second-order valence-electron chi connectivity index (χ2n) is 8.98. The fourth-order valence-electron chi connectivity index (χ4n) is 5.92. The fraction of sp³-hybridized carbons (Fsp3) is 0.545. The molecule has 28 heavy (non-hydrogen) atoms. The predicted molar refractivity (Wildman–Crippen MR) is 104 cm³/mol. The maximum Gasteiger partial charge on any atom is 0.273 e. The Bertz CT molecular complexity index is 832. The number of carbonyl (C=O) groups is 1. The topological polar surface area (TPSA) is 101 Å². The number of nitrogens with two attached hydrogens (primary N) is 1. The van der Waals surface area contributed by atoms with E-state index >= 15 is 0 Å². The van der Waals surface area contributed by atoms with Gasteiger partial charge in [-0.3, -0.25) is 4.79 Å². The van der Waals surface area contributed by atoms with Crippen LogP contribution in [0.25, 0.3) is 0 Å². The van der Waals surface area contributed by atoms with E-state index in [-0.39, 0.29) is 17.7 Å². The normalized spacial score (nSPS) is 31.7. The Balaban J connectivity index is 1.23. The SMILES string of the molecule is NC(Cc1ccc(O)cc1)c1nc(C(=O)NC2C3CC4CC(C3)CC2C4)co1. The minimum atomic E-state index is -0.438. The number of aromatic nitrogens is 1. The van der Waals surface area contributed by atoms with Crippen LogP contribution < -0.4 is 11.1 Å². The van der Waals surface area contributed by atoms with Gasteiger partial charge in [0.15, 0.2) is 5.69 Å². The minimum Gasteiger partial charge on any atom is -0.508 e. The second kappa shape index (κ2) is 6.92. The average Bonchev–Trinajstić information content (AvgIpc) is 3.16. The van der Waals surface area contributed by atoms with Crippen LogP contribution in [-0.4, -0.2) is 22.0 Å². The van der Waals surface area contributed by atoms with Gasteiger partial charge in [-0.25, -0.2) is 4.98 Å². The molecule has 4 N–H and O–H groups in total. The van der Waals surface area contributed by atoms with E-state index in [1.807, 2.05) is 12.1 Å². The lowest BCUT2D eigenvalue weighted by Gasteiger charge is -2.54. The average molecular weight is 381 g/mol. The zero-order valence-corrected chi connectivity index (χ0v) is 15.9. The number of hydrogen-bond acceptors (Lipinski definition) is 5. The fourth-order valence-corrected chi connectivity index (χ4v) is 5.92. The van der Waals surface area contributed by atoms with Gasteiger partial charge in [0.05, 0.1) is 6.04 Å². The van der Waals surface area contributed by atoms with Gasteiger partial charge in [-0.1, -0.05) is 12.1 Å². The Kier molecular flexibility index (Phi) is 4.38. The number of phenols is 1. The molecule has 1 amide bonds. The molecule has 1 atom stereocenters. The first kappa shape index (κ1) is 17.7. The molecule has 1 aromatic carbocycles. The molecular weight excluding hydrogens is 354 g/mol. The predicted octanol–water partition coefficient (Wildman–Crippen LogP) is 3.18. The highest BCUT2D eigenvalue weighted by Crippen LogP contribution is 2.53. The Morgan fingerprint density at radius 2 is 1.79 bits per heavy atom. The molecule has 148 valence electrons. The van der Waals surface area contributed by atoms with Crippen molar-refractivity contribution < 1.29 is 14.3 Å². The Hall–Kier alpha value is -2.34. The third kappa shape index (κ3) is 3.30. The number of aromatic hydroxyl groups is 1. The highest BCUT2D eigenvalue weighted by Gasteiger charge is 2.48. The summed E-state index contributed by atoms with van der Waals surface area (Å²) in [5, 5.41) is 12.6. The summed E-state index contributed by atoms with van der Waals surface area (Å²) < 4.78 is 5.50. The summed E-state index contributed by atoms with van der Waals surface area (Å²) in [5.74, 6) is 3.45. The van der Waals surface area contributed by atoms with Crippen LogP contribution in [0.2, 0.25) is 0 Å². The summed E-state index contributed by atoms with van der Waals surface area (Å²) in [4.78, 5) is 17.1. The van der Waals surface area contributed by atoms with E-state index in [0.717, 1.165) is 17.4 Å². The first-order valence-electron chi connectivity index (χ1n) is 10.3. The van der Waals surface area contributed by atoms with Crippen LogP contribution in [0.3, 0.4) is 0 Å². The van der Waals surface area contributed by atoms with Gasteiger partial charge in [-0.05, 0) is 79.9 Å². The maximum absolute atomic E-state index is 12.8. The van der Waals surface area contributed by atoms with Crippen molar-refractivity contribution in [2.24, 2.45) is 29.4 Å². The van der Waals surface area contributed by atoms with Gasteiger partial charge in [0.1, 0.15) is 12.0 Å². The highest BCUT2D eigenvalue weighted by molar-refractivity contribution is 5.92. The zero-order chi connectivity index (χ0) is 19.3. The smallest absolute Gasteiger partial charge is 0.273 e. The third-order valence-corrected chi connectivity index (χ3v) is 6.99. The van der Waals surface area contributed by atoms with Gasteiger partial charge in [0.25, 0.3) is 5.91 Å². The second-order valence-corrected chi connectivity index (χ2v) is 8.98. The molecule has 0 saturated heterocycles. The van der Waals surface area contributed by atoms with E-state index in [4.69, 9.17) is 10.2 Å². The summed E-state index contributed by atoms with van der Waals surface area (Å²) in [6.45, 7) is 0. The molecule has 6 heteroatoms. The van der Waals surface area contributed by atoms with Gasteiger partial charge in [-0.2, -0.15) is 0 Å². The molecule has 1 heterocycles. The van der Waals surface area contributed by atoms with Gasteiger partial charge >= 0.3 is 0 Å². The van der Waals surface area contributed by atoms with Crippen molar-refractivity contribution in [3.8, 4) is 5.75 Å². The summed E-state index contributed by atoms with van der Waals surface area (Å²) >= 11 is 0. The van der Waals surface area contributed by atoms with Gasteiger partial charge in [0.2, 0.25) is 5.89 Å². The van der Waals surface area contributed by atoms with Gasteiger partial charge in [0, 0.05) is 6.04 Å². The number of carbonyl (C=O) groups excluding carboxylic acids is 1.